The van der Waals surface area contributed by atoms with Gasteiger partial charge in [-0.05, 0) is 85.2 Å². The van der Waals surface area contributed by atoms with Crippen molar-refractivity contribution in [3.63, 3.8) is 0 Å². The summed E-state index contributed by atoms with van der Waals surface area (Å²) in [5.41, 5.74) is 6.31. The summed E-state index contributed by atoms with van der Waals surface area (Å²) in [6, 6.07) is 30.9. The molecule has 0 bridgehead atoms. The predicted molar refractivity (Wildman–Crippen MR) is 173 cm³/mol. The van der Waals surface area contributed by atoms with Gasteiger partial charge in [-0.1, -0.05) is 99.0 Å². The number of hydrogen-bond acceptors (Lipinski definition) is 3. The fourth-order valence-corrected chi connectivity index (χ4v) is 6.49. The lowest BCUT2D eigenvalue weighted by atomic mass is 9.96. The molecule has 0 aliphatic rings. The Bertz CT molecular complexity index is 1600. The summed E-state index contributed by atoms with van der Waals surface area (Å²) in [7, 11) is 0. The second-order valence-corrected chi connectivity index (χ2v) is 11.9. The van der Waals surface area contributed by atoms with Crippen LogP contribution in [0.4, 0.5) is 0 Å². The fourth-order valence-electron chi connectivity index (χ4n) is 5.12. The Hall–Kier alpha value is -3.35. The molecule has 0 fully saturated rings. The van der Waals surface area contributed by atoms with Crippen LogP contribution < -0.4 is 4.74 Å². The van der Waals surface area contributed by atoms with Gasteiger partial charge in [-0.2, -0.15) is 0 Å². The molecule has 4 nitrogen and oxygen atoms in total. The topological polar surface area (TPSA) is 59.7 Å². The molecule has 0 saturated heterocycles. The average molecular weight is 676 g/mol. The monoisotopic (exact) mass is 674 g/mol. The van der Waals surface area contributed by atoms with Crippen molar-refractivity contribution in [2.45, 2.75) is 51.6 Å². The molecule has 1 aromatic heterocycles. The quantitative estimate of drug-likeness (QED) is 0.134. The van der Waals surface area contributed by atoms with Crippen LogP contribution in [0.3, 0.4) is 0 Å². The largest absolute Gasteiger partial charge is 0.479 e. The zero-order valence-electron chi connectivity index (χ0n) is 22.9. The van der Waals surface area contributed by atoms with E-state index in [1.54, 1.807) is 0 Å². The first-order valence-corrected chi connectivity index (χ1v) is 15.6. The van der Waals surface area contributed by atoms with Crippen LogP contribution in [0.5, 0.6) is 5.75 Å². The van der Waals surface area contributed by atoms with Crippen LogP contribution >= 0.6 is 31.9 Å². The summed E-state index contributed by atoms with van der Waals surface area (Å²) in [4.78, 5) is 11.9. The van der Waals surface area contributed by atoms with Gasteiger partial charge in [0.2, 0.25) is 0 Å². The van der Waals surface area contributed by atoms with E-state index in [9.17, 15) is 9.90 Å². The lowest BCUT2D eigenvalue weighted by Crippen LogP contribution is -2.27. The number of carboxylic acid groups (broad SMARTS) is 1. The molecule has 4 aromatic carbocycles. The third-order valence-corrected chi connectivity index (χ3v) is 8.41. The van der Waals surface area contributed by atoms with Gasteiger partial charge in [0.1, 0.15) is 17.1 Å². The van der Waals surface area contributed by atoms with E-state index in [-0.39, 0.29) is 0 Å². The lowest BCUT2D eigenvalue weighted by molar-refractivity contribution is -0.145. The molecule has 5 rings (SSSR count). The molecule has 1 heterocycles. The van der Waals surface area contributed by atoms with Crippen molar-refractivity contribution in [1.29, 1.82) is 0 Å². The van der Waals surface area contributed by atoms with Gasteiger partial charge in [-0.25, -0.2) is 4.79 Å². The molecule has 0 radical (unpaired) electrons. The number of fused-ring (bicyclic) bond motifs is 1. The first-order chi connectivity index (χ1) is 19.9. The molecular weight excluding hydrogens is 644 g/mol. The number of halogens is 2. The van der Waals surface area contributed by atoms with Crippen molar-refractivity contribution in [3.05, 3.63) is 111 Å². The van der Waals surface area contributed by atoms with Crippen molar-refractivity contribution >= 4 is 48.8 Å². The molecule has 1 N–H and O–H groups in total. The van der Waals surface area contributed by atoms with Crippen LogP contribution in [0.15, 0.2) is 104 Å². The molecule has 210 valence electrons. The van der Waals surface area contributed by atoms with Crippen LogP contribution in [0.2, 0.25) is 0 Å². The van der Waals surface area contributed by atoms with Gasteiger partial charge < -0.3 is 14.3 Å². The molecule has 0 saturated carbocycles. The molecule has 41 heavy (non-hydrogen) atoms. The van der Waals surface area contributed by atoms with Crippen LogP contribution in [-0.2, 0) is 11.2 Å². The number of para-hydroxylation sites is 1. The van der Waals surface area contributed by atoms with Gasteiger partial charge in [0.05, 0.1) is 8.95 Å². The molecule has 1 atom stereocenters. The Morgan fingerprint density at radius 1 is 0.829 bits per heavy atom. The number of benzene rings is 4. The summed E-state index contributed by atoms with van der Waals surface area (Å²) in [6.45, 7) is 2.14. The van der Waals surface area contributed by atoms with E-state index in [0.29, 0.717) is 27.5 Å². The molecule has 0 aliphatic heterocycles. The number of carboxylic acids is 1. The summed E-state index contributed by atoms with van der Waals surface area (Å²) in [5.74, 6) is 0.502. The van der Waals surface area contributed by atoms with Gasteiger partial charge in [-0.15, -0.1) is 0 Å². The Morgan fingerprint density at radius 3 is 2.17 bits per heavy atom. The second kappa shape index (κ2) is 13.5. The molecule has 0 amide bonds. The number of aliphatic carboxylic acids is 1. The van der Waals surface area contributed by atoms with Gasteiger partial charge in [-0.3, -0.25) is 0 Å². The zero-order chi connectivity index (χ0) is 28.8. The Morgan fingerprint density at radius 2 is 1.49 bits per heavy atom. The van der Waals surface area contributed by atoms with Crippen molar-refractivity contribution < 1.29 is 19.1 Å². The molecule has 6 heteroatoms. The van der Waals surface area contributed by atoms with Crippen LogP contribution in [-0.4, -0.2) is 17.2 Å². The minimum Gasteiger partial charge on any atom is -0.479 e. The van der Waals surface area contributed by atoms with Crippen LogP contribution in [0.25, 0.3) is 33.2 Å². The van der Waals surface area contributed by atoms with Crippen molar-refractivity contribution in [1.82, 2.24) is 0 Å². The van der Waals surface area contributed by atoms with E-state index in [0.717, 1.165) is 64.7 Å². The Kier molecular flexibility index (Phi) is 9.63. The van der Waals surface area contributed by atoms with Crippen molar-refractivity contribution in [2.75, 3.05) is 0 Å². The van der Waals surface area contributed by atoms with Crippen LogP contribution in [0, 0.1) is 0 Å². The normalized spacial score (nSPS) is 12.0. The highest BCUT2D eigenvalue weighted by molar-refractivity contribution is 9.11. The molecule has 0 aliphatic carbocycles. The number of unbranched alkanes of at least 4 members (excludes halogenated alkanes) is 3. The van der Waals surface area contributed by atoms with Gasteiger partial charge in [0.25, 0.3) is 0 Å². The number of ether oxygens (including phenoxy) is 1. The fraction of sp³-hybridized carbons (Fsp3) is 0.229. The number of rotatable bonds is 12. The predicted octanol–water partition coefficient (Wildman–Crippen LogP) is 10.7. The number of hydrogen-bond donors (Lipinski definition) is 1. The van der Waals surface area contributed by atoms with Crippen molar-refractivity contribution in [3.8, 4) is 28.0 Å². The third kappa shape index (κ3) is 6.94. The first-order valence-electron chi connectivity index (χ1n) is 14.0. The van der Waals surface area contributed by atoms with Crippen LogP contribution in [0.1, 0.15) is 50.4 Å². The smallest absolute Gasteiger partial charge is 0.344 e. The van der Waals surface area contributed by atoms with Gasteiger partial charge in [0, 0.05) is 17.4 Å². The summed E-state index contributed by atoms with van der Waals surface area (Å²) < 4.78 is 13.7. The highest BCUT2D eigenvalue weighted by Crippen LogP contribution is 2.41. The van der Waals surface area contributed by atoms with E-state index < -0.39 is 12.1 Å². The maximum Gasteiger partial charge on any atom is 0.344 e. The Labute approximate surface area is 257 Å². The zero-order valence-corrected chi connectivity index (χ0v) is 26.1. The first kappa shape index (κ1) is 29.2. The lowest BCUT2D eigenvalue weighted by Gasteiger charge is -2.18. The van der Waals surface area contributed by atoms with E-state index >= 15 is 0 Å². The van der Waals surface area contributed by atoms with Crippen molar-refractivity contribution in [2.24, 2.45) is 0 Å². The van der Waals surface area contributed by atoms with Gasteiger partial charge >= 0.3 is 5.97 Å². The van der Waals surface area contributed by atoms with E-state index in [2.05, 4.69) is 93.4 Å². The minimum absolute atomic E-state index is 0.479. The maximum absolute atomic E-state index is 11.9. The highest BCUT2D eigenvalue weighted by atomic mass is 79.9. The maximum atomic E-state index is 11.9. The average Bonchev–Trinajstić information content (AvgIpc) is 3.34. The van der Waals surface area contributed by atoms with E-state index in [1.807, 2.05) is 36.4 Å². The summed E-state index contributed by atoms with van der Waals surface area (Å²) in [6.07, 6.45) is 4.33. The molecule has 5 aromatic rings. The standard InChI is InChI=1S/C35H32Br2O4/c1-2-3-4-8-15-31(35(38)39)41-34-28(36)21-26(22-29(34)37)24-16-18-25(19-17-24)33-27-13-9-10-14-30(27)40-32(33)20-23-11-6-5-7-12-23/h5-7,9-14,16-19,21-22,31H,2-4,8,15,20H2,1H3,(H,38,39)/t31-/m0/s1. The molecule has 0 unspecified atom stereocenters. The van der Waals surface area contributed by atoms with E-state index in [4.69, 9.17) is 9.15 Å². The summed E-state index contributed by atoms with van der Waals surface area (Å²) >= 11 is 7.24. The SMILES string of the molecule is CCCCCC[C@H](Oc1c(Br)cc(-c2ccc(-c3c(Cc4ccccc4)oc4ccccc34)cc2)cc1Br)C(=O)O. The number of furan rings is 1. The molecular formula is C35H32Br2O4. The highest BCUT2D eigenvalue weighted by Gasteiger charge is 2.22. The third-order valence-electron chi connectivity index (χ3n) is 7.24. The van der Waals surface area contributed by atoms with Gasteiger partial charge in [0.15, 0.2) is 6.10 Å². The Balaban J connectivity index is 1.40. The minimum atomic E-state index is -0.946. The summed E-state index contributed by atoms with van der Waals surface area (Å²) in [5, 5.41) is 10.8. The number of carbonyl (C=O) groups is 1. The molecule has 0 spiro atoms. The second-order valence-electron chi connectivity index (χ2n) is 10.2. The van der Waals surface area contributed by atoms with E-state index in [1.165, 1.54) is 5.56 Å².